The molecule has 0 radical (unpaired) electrons. The number of esters is 1. The van der Waals surface area contributed by atoms with Gasteiger partial charge in [0.1, 0.15) is 5.78 Å². The second kappa shape index (κ2) is 7.88. The minimum absolute atomic E-state index is 0.0503. The standard InChI is InChI=1S/C25H40O5/c1-14(5-8-22(29)30-4)17-6-7-18-23-19(13-21(28)25(17,18)3)24(2)10-9-16(26)11-15(24)12-20(23)27/h14-20,23,26-27H,5-13H2,1-4H3/t14-,15+,16+,17-,18+,19+,20-,23+,24+,25-/m1/s1. The van der Waals surface area contributed by atoms with Gasteiger partial charge in [-0.2, -0.15) is 0 Å². The van der Waals surface area contributed by atoms with Crippen molar-refractivity contribution >= 4 is 11.8 Å². The summed E-state index contributed by atoms with van der Waals surface area (Å²) in [6.07, 6.45) is 6.39. The molecule has 2 N–H and O–H groups in total. The van der Waals surface area contributed by atoms with Gasteiger partial charge in [-0.15, -0.1) is 0 Å². The van der Waals surface area contributed by atoms with Crippen molar-refractivity contribution in [1.82, 2.24) is 0 Å². The summed E-state index contributed by atoms with van der Waals surface area (Å²) in [5.74, 6) is 1.70. The number of aliphatic hydroxyl groups is 2. The lowest BCUT2D eigenvalue weighted by molar-refractivity contribution is -0.181. The first kappa shape index (κ1) is 22.3. The summed E-state index contributed by atoms with van der Waals surface area (Å²) in [4.78, 5) is 25.4. The van der Waals surface area contributed by atoms with Crippen LogP contribution in [0.15, 0.2) is 0 Å². The van der Waals surface area contributed by atoms with Crippen molar-refractivity contribution in [2.24, 2.45) is 46.3 Å². The number of hydrogen-bond acceptors (Lipinski definition) is 5. The van der Waals surface area contributed by atoms with Crippen molar-refractivity contribution in [2.45, 2.75) is 90.8 Å². The highest BCUT2D eigenvalue weighted by Gasteiger charge is 2.65. The van der Waals surface area contributed by atoms with Crippen molar-refractivity contribution in [3.8, 4) is 0 Å². The van der Waals surface area contributed by atoms with E-state index in [9.17, 15) is 19.8 Å². The molecule has 4 rings (SSSR count). The van der Waals surface area contributed by atoms with E-state index in [1.165, 1.54) is 7.11 Å². The molecule has 30 heavy (non-hydrogen) atoms. The Kier molecular flexibility index (Phi) is 5.85. The second-order valence-electron chi connectivity index (χ2n) is 11.4. The molecule has 4 fully saturated rings. The third-order valence-electron chi connectivity index (χ3n) is 10.3. The number of aliphatic hydroxyl groups excluding tert-OH is 2. The molecule has 5 nitrogen and oxygen atoms in total. The van der Waals surface area contributed by atoms with E-state index in [0.717, 1.165) is 44.9 Å². The number of methoxy groups -OCH3 is 1. The molecule has 4 aliphatic rings. The molecule has 10 atom stereocenters. The summed E-state index contributed by atoms with van der Waals surface area (Å²) in [5.41, 5.74) is -0.343. The average molecular weight is 421 g/mol. The monoisotopic (exact) mass is 420 g/mol. The van der Waals surface area contributed by atoms with Crippen LogP contribution in [-0.2, 0) is 14.3 Å². The van der Waals surface area contributed by atoms with Gasteiger partial charge in [0.15, 0.2) is 0 Å². The molecule has 0 amide bonds. The maximum Gasteiger partial charge on any atom is 0.305 e. The molecule has 4 aliphatic carbocycles. The van der Waals surface area contributed by atoms with Crippen LogP contribution in [0.5, 0.6) is 0 Å². The average Bonchev–Trinajstić information content (AvgIpc) is 3.06. The summed E-state index contributed by atoms with van der Waals surface area (Å²) in [5, 5.41) is 21.5. The fourth-order valence-corrected chi connectivity index (χ4v) is 8.51. The van der Waals surface area contributed by atoms with Crippen LogP contribution >= 0.6 is 0 Å². The fourth-order valence-electron chi connectivity index (χ4n) is 8.51. The molecule has 0 spiro atoms. The first-order valence-electron chi connectivity index (χ1n) is 12.1. The van der Waals surface area contributed by atoms with Gasteiger partial charge < -0.3 is 14.9 Å². The van der Waals surface area contributed by atoms with E-state index in [1.807, 2.05) is 0 Å². The smallest absolute Gasteiger partial charge is 0.305 e. The van der Waals surface area contributed by atoms with Crippen LogP contribution in [0.1, 0.15) is 78.6 Å². The Morgan fingerprint density at radius 3 is 2.60 bits per heavy atom. The van der Waals surface area contributed by atoms with Crippen molar-refractivity contribution in [3.63, 3.8) is 0 Å². The Bertz CT molecular complexity index is 691. The minimum Gasteiger partial charge on any atom is -0.469 e. The molecule has 0 aromatic rings. The largest absolute Gasteiger partial charge is 0.469 e. The summed E-state index contributed by atoms with van der Waals surface area (Å²) >= 11 is 0. The van der Waals surface area contributed by atoms with E-state index in [-0.39, 0.29) is 53.2 Å². The van der Waals surface area contributed by atoms with Crippen LogP contribution in [0.3, 0.4) is 0 Å². The molecule has 0 aromatic carbocycles. The Morgan fingerprint density at radius 2 is 1.90 bits per heavy atom. The maximum atomic E-state index is 13.7. The van der Waals surface area contributed by atoms with Crippen LogP contribution in [0.25, 0.3) is 0 Å². The van der Waals surface area contributed by atoms with Crippen LogP contribution in [0.4, 0.5) is 0 Å². The van der Waals surface area contributed by atoms with Gasteiger partial charge in [-0.25, -0.2) is 0 Å². The number of hydrogen-bond donors (Lipinski definition) is 2. The summed E-state index contributed by atoms with van der Waals surface area (Å²) < 4.78 is 4.81. The topological polar surface area (TPSA) is 83.8 Å². The fraction of sp³-hybridized carbons (Fsp3) is 0.920. The molecule has 0 aromatic heterocycles. The van der Waals surface area contributed by atoms with Crippen molar-refractivity contribution in [3.05, 3.63) is 0 Å². The predicted molar refractivity (Wildman–Crippen MR) is 113 cm³/mol. The van der Waals surface area contributed by atoms with E-state index >= 15 is 0 Å². The van der Waals surface area contributed by atoms with E-state index in [0.29, 0.717) is 24.5 Å². The molecule has 0 saturated heterocycles. The van der Waals surface area contributed by atoms with Gasteiger partial charge in [0, 0.05) is 18.3 Å². The number of ketones is 1. The summed E-state index contributed by atoms with van der Waals surface area (Å²) in [6, 6.07) is 0. The normalized spacial score (nSPS) is 49.0. The molecule has 170 valence electrons. The highest BCUT2D eigenvalue weighted by molar-refractivity contribution is 5.87. The van der Waals surface area contributed by atoms with Crippen molar-refractivity contribution in [1.29, 1.82) is 0 Å². The molecular weight excluding hydrogens is 380 g/mol. The predicted octanol–water partition coefficient (Wildman–Crippen LogP) is 3.75. The van der Waals surface area contributed by atoms with Gasteiger partial charge >= 0.3 is 5.97 Å². The SMILES string of the molecule is COC(=O)CC[C@@H](C)[C@H]1CC[C@H]2[C@@H]3[C@H](O)C[C@@H]4C[C@@H](O)CC[C@]4(C)[C@H]3CC(=O)[C@]12C. The molecule has 0 bridgehead atoms. The molecule has 0 unspecified atom stereocenters. The molecular formula is C25H40O5. The molecule has 0 aliphatic heterocycles. The highest BCUT2D eigenvalue weighted by Crippen LogP contribution is 2.67. The van der Waals surface area contributed by atoms with Gasteiger partial charge in [0.25, 0.3) is 0 Å². The Labute approximate surface area is 180 Å². The third kappa shape index (κ3) is 3.26. The van der Waals surface area contributed by atoms with E-state index < -0.39 is 5.41 Å². The molecule has 5 heteroatoms. The quantitative estimate of drug-likeness (QED) is 0.677. The van der Waals surface area contributed by atoms with Crippen molar-refractivity contribution in [2.75, 3.05) is 7.11 Å². The lowest BCUT2D eigenvalue weighted by Crippen LogP contribution is -2.61. The molecule has 0 heterocycles. The van der Waals surface area contributed by atoms with Crippen LogP contribution < -0.4 is 0 Å². The zero-order valence-corrected chi connectivity index (χ0v) is 19.1. The van der Waals surface area contributed by atoms with Gasteiger partial charge in [-0.05, 0) is 85.9 Å². The third-order valence-corrected chi connectivity index (χ3v) is 10.3. The lowest BCUT2D eigenvalue weighted by atomic mass is 9.43. The second-order valence-corrected chi connectivity index (χ2v) is 11.4. The molecule has 4 saturated carbocycles. The number of Topliss-reactive ketones (excluding diaryl/α,β-unsaturated/α-hetero) is 1. The Hall–Kier alpha value is -0.940. The van der Waals surface area contributed by atoms with E-state index in [1.54, 1.807) is 0 Å². The van der Waals surface area contributed by atoms with Gasteiger partial charge in [0.05, 0.1) is 19.3 Å². The van der Waals surface area contributed by atoms with Crippen LogP contribution in [0, 0.1) is 46.3 Å². The van der Waals surface area contributed by atoms with Gasteiger partial charge in [0.2, 0.25) is 0 Å². The maximum absolute atomic E-state index is 13.7. The van der Waals surface area contributed by atoms with Gasteiger partial charge in [-0.1, -0.05) is 20.8 Å². The minimum atomic E-state index is -0.394. The highest BCUT2D eigenvalue weighted by atomic mass is 16.5. The van der Waals surface area contributed by atoms with E-state index in [2.05, 4.69) is 20.8 Å². The lowest BCUT2D eigenvalue weighted by Gasteiger charge is -2.61. The summed E-state index contributed by atoms with van der Waals surface area (Å²) in [7, 11) is 1.42. The first-order valence-corrected chi connectivity index (χ1v) is 12.1. The van der Waals surface area contributed by atoms with Crippen molar-refractivity contribution < 1.29 is 24.5 Å². The number of fused-ring (bicyclic) bond motifs is 5. The van der Waals surface area contributed by atoms with E-state index in [4.69, 9.17) is 4.74 Å². The van der Waals surface area contributed by atoms with Crippen LogP contribution in [0.2, 0.25) is 0 Å². The number of carbonyl (C=O) groups excluding carboxylic acids is 2. The zero-order chi connectivity index (χ0) is 21.8. The Balaban J connectivity index is 1.59. The first-order chi connectivity index (χ1) is 14.1. The number of ether oxygens (including phenoxy) is 1. The zero-order valence-electron chi connectivity index (χ0n) is 19.1. The number of rotatable bonds is 4. The summed E-state index contributed by atoms with van der Waals surface area (Å²) in [6.45, 7) is 6.67. The number of carbonyl (C=O) groups is 2. The van der Waals surface area contributed by atoms with Crippen LogP contribution in [-0.4, -0.2) is 41.3 Å². The Morgan fingerprint density at radius 1 is 1.17 bits per heavy atom. The van der Waals surface area contributed by atoms with Gasteiger partial charge in [-0.3, -0.25) is 9.59 Å².